The Morgan fingerprint density at radius 1 is 0.480 bits per heavy atom. The van der Waals surface area contributed by atoms with Crippen LogP contribution < -0.4 is 0 Å². The minimum atomic E-state index is -8.81. The molecular formula is C16HF29O5. The van der Waals surface area contributed by atoms with E-state index < -0.39 is 96.4 Å². The van der Waals surface area contributed by atoms with Crippen molar-refractivity contribution in [2.24, 2.45) is 0 Å². The van der Waals surface area contributed by atoms with Crippen LogP contribution in [0, 0.1) is 0 Å². The number of ether oxygens (including phenoxy) is 4. The molecule has 34 heteroatoms. The maximum Gasteiger partial charge on any atom is 0.542 e. The quantitative estimate of drug-likeness (QED) is 0.126. The van der Waals surface area contributed by atoms with Crippen LogP contribution in [0.1, 0.15) is 0 Å². The molecule has 0 N–H and O–H groups in total. The summed E-state index contributed by atoms with van der Waals surface area (Å²) in [5, 5.41) is 0. The molecule has 1 rings (SSSR count). The van der Waals surface area contributed by atoms with Crippen molar-refractivity contribution in [3.05, 3.63) is 0 Å². The highest BCUT2D eigenvalue weighted by atomic mass is 19.4. The van der Waals surface area contributed by atoms with Gasteiger partial charge in [-0.2, -0.15) is 110 Å². The van der Waals surface area contributed by atoms with E-state index >= 15 is 0 Å². The van der Waals surface area contributed by atoms with Crippen molar-refractivity contribution in [3.63, 3.8) is 0 Å². The van der Waals surface area contributed by atoms with Crippen molar-refractivity contribution in [2.45, 2.75) is 90.4 Å². The molecule has 0 bridgehead atoms. The predicted octanol–water partition coefficient (Wildman–Crippen LogP) is 8.53. The molecule has 4 atom stereocenters. The van der Waals surface area contributed by atoms with Gasteiger partial charge >= 0.3 is 90.2 Å². The Balaban J connectivity index is 3.79. The molecule has 50 heavy (non-hydrogen) atoms. The van der Waals surface area contributed by atoms with Crippen LogP contribution in [0.2, 0.25) is 0 Å². The Kier molecular flexibility index (Phi) is 10.3. The third-order valence-electron chi connectivity index (χ3n) is 5.41. The van der Waals surface area contributed by atoms with Crippen LogP contribution >= 0.6 is 0 Å². The predicted molar refractivity (Wildman–Crippen MR) is 83.5 cm³/mol. The highest BCUT2D eigenvalue weighted by molar-refractivity contribution is 5.83. The molecule has 1 fully saturated rings. The van der Waals surface area contributed by atoms with Gasteiger partial charge in [0.05, 0.1) is 0 Å². The summed E-state index contributed by atoms with van der Waals surface area (Å²) in [5.41, 5.74) is -8.08. The number of rotatable bonds is 10. The van der Waals surface area contributed by atoms with E-state index in [4.69, 9.17) is 0 Å². The smallest absolute Gasteiger partial charge is 0.374 e. The average Bonchev–Trinajstić information content (AvgIpc) is 2.82. The number of hydrogen-bond acceptors (Lipinski definition) is 5. The zero-order valence-electron chi connectivity index (χ0n) is 21.1. The molecule has 0 spiro atoms. The Morgan fingerprint density at radius 2 is 0.880 bits per heavy atom. The van der Waals surface area contributed by atoms with Crippen molar-refractivity contribution in [2.75, 3.05) is 0 Å². The summed E-state index contributed by atoms with van der Waals surface area (Å²) in [6.07, 6.45) is -56.6. The molecule has 1 saturated carbocycles. The van der Waals surface area contributed by atoms with E-state index in [9.17, 15) is 132 Å². The fraction of sp³-hybridized carbons (Fsp3) is 0.938. The summed E-state index contributed by atoms with van der Waals surface area (Å²) in [6, 6.07) is -8.42. The largest absolute Gasteiger partial charge is 0.542 e. The molecule has 1 aliphatic rings. The highest BCUT2D eigenvalue weighted by Gasteiger charge is 2.98. The Morgan fingerprint density at radius 3 is 1.22 bits per heavy atom. The van der Waals surface area contributed by atoms with Gasteiger partial charge in [0.25, 0.3) is 0 Å². The van der Waals surface area contributed by atoms with Crippen molar-refractivity contribution < 1.29 is 151 Å². The van der Waals surface area contributed by atoms with Crippen LogP contribution in [0.4, 0.5) is 127 Å². The van der Waals surface area contributed by atoms with E-state index in [-0.39, 0.29) is 0 Å². The molecule has 5 nitrogen and oxygen atoms in total. The lowest BCUT2D eigenvalue weighted by molar-refractivity contribution is -0.598. The third-order valence-corrected chi connectivity index (χ3v) is 5.41. The number of halogens is 29. The van der Waals surface area contributed by atoms with Gasteiger partial charge in [-0.15, -0.1) is 8.78 Å². The van der Waals surface area contributed by atoms with Crippen LogP contribution in [-0.2, 0) is 23.7 Å². The summed E-state index contributed by atoms with van der Waals surface area (Å²) in [7, 11) is 0. The highest BCUT2D eigenvalue weighted by Crippen LogP contribution is 2.65. The normalized spacial score (nSPS) is 27.3. The first-order chi connectivity index (χ1) is 21.2. The second-order valence-electron chi connectivity index (χ2n) is 8.81. The van der Waals surface area contributed by atoms with Gasteiger partial charge in [-0.05, 0) is 0 Å². The summed E-state index contributed by atoms with van der Waals surface area (Å²) in [6.45, 7) is 0. The van der Waals surface area contributed by atoms with Gasteiger partial charge in [0.2, 0.25) is 6.17 Å². The van der Waals surface area contributed by atoms with E-state index in [0.29, 0.717) is 0 Å². The van der Waals surface area contributed by atoms with Crippen LogP contribution in [0.25, 0.3) is 0 Å². The van der Waals surface area contributed by atoms with Crippen LogP contribution in [0.3, 0.4) is 0 Å². The van der Waals surface area contributed by atoms with Crippen LogP contribution in [0.5, 0.6) is 0 Å². The summed E-state index contributed by atoms with van der Waals surface area (Å²) >= 11 is 0. The minimum Gasteiger partial charge on any atom is -0.374 e. The standard InChI is InChI=1S/C16HF29O5/c17-1-4(19,20)3(18,6(23,24)7(25,26)5(1,21)22)2(46)47-16(44,45)50-15(43,12(36,37)38)49-14(41,42)9(29,11(33,34)35)48-13(39,40)8(27,28)10(30,31)32/h1H. The van der Waals surface area contributed by atoms with E-state index in [1.807, 2.05) is 0 Å². The number of alkyl halides is 29. The van der Waals surface area contributed by atoms with Crippen molar-refractivity contribution >= 4 is 5.97 Å². The third kappa shape index (κ3) is 6.25. The molecule has 0 aromatic heterocycles. The molecule has 0 heterocycles. The number of esters is 1. The van der Waals surface area contributed by atoms with Gasteiger partial charge in [0.1, 0.15) is 0 Å². The fourth-order valence-corrected chi connectivity index (χ4v) is 2.87. The molecule has 0 aromatic rings. The molecule has 0 radical (unpaired) electrons. The van der Waals surface area contributed by atoms with Gasteiger partial charge in [-0.3, -0.25) is 4.74 Å². The second-order valence-corrected chi connectivity index (χ2v) is 8.81. The minimum absolute atomic E-state index is 0.967. The maximum atomic E-state index is 14.4. The fourth-order valence-electron chi connectivity index (χ4n) is 2.87. The zero-order chi connectivity index (χ0) is 41.0. The number of carbonyl (C=O) groups is 1. The van der Waals surface area contributed by atoms with E-state index in [0.717, 1.165) is 9.47 Å². The molecular weight excluding hydrogens is 823 g/mol. The van der Waals surface area contributed by atoms with Crippen molar-refractivity contribution in [3.8, 4) is 0 Å². The lowest BCUT2D eigenvalue weighted by Crippen LogP contribution is -2.82. The molecule has 298 valence electrons. The second kappa shape index (κ2) is 11.4. The lowest BCUT2D eigenvalue weighted by atomic mass is 9.73. The summed E-state index contributed by atoms with van der Waals surface area (Å²) in [4.78, 5) is 11.3. The summed E-state index contributed by atoms with van der Waals surface area (Å²) < 4.78 is 389. The first-order valence-electron chi connectivity index (χ1n) is 10.4. The van der Waals surface area contributed by atoms with E-state index in [1.165, 1.54) is 4.74 Å². The van der Waals surface area contributed by atoms with Gasteiger partial charge in [0.15, 0.2) is 0 Å². The average molecular weight is 824 g/mol. The number of hydrogen-bond donors (Lipinski definition) is 0. The molecule has 0 amide bonds. The topological polar surface area (TPSA) is 54.0 Å². The monoisotopic (exact) mass is 824 g/mol. The van der Waals surface area contributed by atoms with Gasteiger partial charge in [-0.25, -0.2) is 23.0 Å². The van der Waals surface area contributed by atoms with Crippen LogP contribution in [-0.4, -0.2) is 96.4 Å². The van der Waals surface area contributed by atoms with Gasteiger partial charge < -0.3 is 4.74 Å². The summed E-state index contributed by atoms with van der Waals surface area (Å²) in [5.74, 6) is -54.2. The van der Waals surface area contributed by atoms with Crippen molar-refractivity contribution in [1.29, 1.82) is 0 Å². The molecule has 1 aliphatic carbocycles. The van der Waals surface area contributed by atoms with E-state index in [2.05, 4.69) is 0 Å². The van der Waals surface area contributed by atoms with E-state index in [1.54, 1.807) is 4.74 Å². The molecule has 0 aromatic carbocycles. The Bertz CT molecular complexity index is 1280. The zero-order valence-corrected chi connectivity index (χ0v) is 21.1. The molecule has 4 unspecified atom stereocenters. The number of carbonyl (C=O) groups excluding carboxylic acids is 1. The first kappa shape index (κ1) is 45.3. The Labute approximate surface area is 249 Å². The van der Waals surface area contributed by atoms with Gasteiger partial charge in [0, 0.05) is 0 Å². The molecule has 0 saturated heterocycles. The maximum absolute atomic E-state index is 14.4. The van der Waals surface area contributed by atoms with Crippen molar-refractivity contribution in [1.82, 2.24) is 0 Å². The lowest BCUT2D eigenvalue weighted by Gasteiger charge is -2.49. The SMILES string of the molecule is O=C(OC(F)(F)OC(F)(OC(F)(F)C(F)(OC(F)(F)C(F)(F)C(F)(F)F)C(F)(F)F)C(F)(F)F)C1(F)C(F)(F)C(F)C(F)(F)C(F)(F)C1(F)F. The first-order valence-corrected chi connectivity index (χ1v) is 10.4. The van der Waals surface area contributed by atoms with Crippen LogP contribution in [0.15, 0.2) is 0 Å². The molecule has 0 aliphatic heterocycles. The Hall–Kier alpha value is -2.68. The van der Waals surface area contributed by atoms with Gasteiger partial charge in [-0.1, -0.05) is 0 Å².